The van der Waals surface area contributed by atoms with Crippen LogP contribution in [0.4, 0.5) is 0 Å². The fourth-order valence-electron chi connectivity index (χ4n) is 1.60. The maximum absolute atomic E-state index is 10.8. The average molecular weight is 205 g/mol. The van der Waals surface area contributed by atoms with Gasteiger partial charge < -0.3 is 5.11 Å². The van der Waals surface area contributed by atoms with Crippen molar-refractivity contribution in [2.45, 2.75) is 20.3 Å². The van der Waals surface area contributed by atoms with Crippen LogP contribution in [0.5, 0.6) is 0 Å². The zero-order valence-corrected chi connectivity index (χ0v) is 8.56. The summed E-state index contributed by atoms with van der Waals surface area (Å²) in [6.45, 7) is 3.94. The van der Waals surface area contributed by atoms with Crippen LogP contribution in [0.2, 0.25) is 0 Å². The lowest BCUT2D eigenvalue weighted by atomic mass is 10.2. The summed E-state index contributed by atoms with van der Waals surface area (Å²) in [5.41, 5.74) is 2.62. The Hall–Kier alpha value is -1.91. The molecule has 0 unspecified atom stereocenters. The fraction of sp³-hybridized carbons (Fsp3) is 0.300. The van der Waals surface area contributed by atoms with Gasteiger partial charge in [0.15, 0.2) is 11.3 Å². The predicted octanol–water partition coefficient (Wildman–Crippen LogP) is 1.30. The smallest absolute Gasteiger partial charge is 0.356 e. The highest BCUT2D eigenvalue weighted by atomic mass is 16.4. The van der Waals surface area contributed by atoms with E-state index in [0.29, 0.717) is 5.65 Å². The number of aromatic nitrogens is 3. The molecule has 1 N–H and O–H groups in total. The molecule has 0 bridgehead atoms. The summed E-state index contributed by atoms with van der Waals surface area (Å²) in [7, 11) is 0. The van der Waals surface area contributed by atoms with E-state index in [1.54, 1.807) is 10.7 Å². The largest absolute Gasteiger partial charge is 0.476 e. The Balaban J connectivity index is 2.75. The van der Waals surface area contributed by atoms with Crippen LogP contribution in [-0.2, 0) is 6.42 Å². The van der Waals surface area contributed by atoms with Crippen molar-refractivity contribution in [2.75, 3.05) is 0 Å². The number of carboxylic acids is 1. The number of carboxylic acid groups (broad SMARTS) is 1. The van der Waals surface area contributed by atoms with Gasteiger partial charge in [0.1, 0.15) is 0 Å². The van der Waals surface area contributed by atoms with Crippen molar-refractivity contribution >= 4 is 11.6 Å². The first-order chi connectivity index (χ1) is 7.13. The zero-order valence-electron chi connectivity index (χ0n) is 8.56. The molecule has 0 saturated heterocycles. The minimum absolute atomic E-state index is 0.0304. The molecular weight excluding hydrogens is 194 g/mol. The van der Waals surface area contributed by atoms with E-state index in [-0.39, 0.29) is 5.69 Å². The number of rotatable bonds is 2. The molecule has 2 rings (SSSR count). The highest BCUT2D eigenvalue weighted by molar-refractivity contribution is 5.86. The van der Waals surface area contributed by atoms with E-state index in [9.17, 15) is 4.79 Å². The third-order valence-corrected chi connectivity index (χ3v) is 2.35. The van der Waals surface area contributed by atoms with Gasteiger partial charge in [0.05, 0.1) is 0 Å². The zero-order chi connectivity index (χ0) is 11.0. The molecule has 0 aliphatic rings. The van der Waals surface area contributed by atoms with Gasteiger partial charge in [-0.05, 0) is 18.9 Å². The monoisotopic (exact) mass is 205 g/mol. The van der Waals surface area contributed by atoms with E-state index in [4.69, 9.17) is 5.11 Å². The molecule has 0 radical (unpaired) electrons. The van der Waals surface area contributed by atoms with Crippen LogP contribution in [0.1, 0.15) is 28.7 Å². The Bertz CT molecular complexity index is 531. The fourth-order valence-corrected chi connectivity index (χ4v) is 1.60. The summed E-state index contributed by atoms with van der Waals surface area (Å²) in [5.74, 6) is -1.03. The number of fused-ring (bicyclic) bond motifs is 1. The third-order valence-electron chi connectivity index (χ3n) is 2.35. The molecule has 0 atom stereocenters. The first kappa shape index (κ1) is 9.64. The Morgan fingerprint density at radius 1 is 1.60 bits per heavy atom. The first-order valence-electron chi connectivity index (χ1n) is 4.71. The lowest BCUT2D eigenvalue weighted by Gasteiger charge is -2.04. The molecule has 2 aromatic rings. The molecule has 5 heteroatoms. The second kappa shape index (κ2) is 3.34. The third kappa shape index (κ3) is 1.45. The van der Waals surface area contributed by atoms with E-state index in [1.807, 2.05) is 13.8 Å². The number of aromatic carboxylic acids is 1. The summed E-state index contributed by atoms with van der Waals surface area (Å²) in [5, 5.41) is 12.8. The van der Waals surface area contributed by atoms with Gasteiger partial charge >= 0.3 is 5.97 Å². The van der Waals surface area contributed by atoms with Crippen LogP contribution in [0.25, 0.3) is 5.65 Å². The SMILES string of the molecule is CCc1c(C)cnc2cc(C(=O)O)nn12. The molecule has 15 heavy (non-hydrogen) atoms. The first-order valence-corrected chi connectivity index (χ1v) is 4.71. The molecule has 0 aliphatic carbocycles. The summed E-state index contributed by atoms with van der Waals surface area (Å²) >= 11 is 0. The molecule has 2 heterocycles. The molecule has 0 amide bonds. The van der Waals surface area contributed by atoms with Crippen LogP contribution in [-0.4, -0.2) is 25.7 Å². The van der Waals surface area contributed by atoms with E-state index in [1.165, 1.54) is 6.07 Å². The van der Waals surface area contributed by atoms with Crippen molar-refractivity contribution in [3.63, 3.8) is 0 Å². The highest BCUT2D eigenvalue weighted by Crippen LogP contribution is 2.11. The van der Waals surface area contributed by atoms with Crippen LogP contribution >= 0.6 is 0 Å². The number of carbonyl (C=O) groups is 1. The lowest BCUT2D eigenvalue weighted by Crippen LogP contribution is -2.03. The summed E-state index contributed by atoms with van der Waals surface area (Å²) in [6, 6.07) is 1.47. The van der Waals surface area contributed by atoms with Crippen LogP contribution in [0.15, 0.2) is 12.3 Å². The topological polar surface area (TPSA) is 67.5 Å². The highest BCUT2D eigenvalue weighted by Gasteiger charge is 2.12. The number of nitrogens with zero attached hydrogens (tertiary/aromatic N) is 3. The van der Waals surface area contributed by atoms with Gasteiger partial charge in [-0.25, -0.2) is 14.3 Å². The number of aryl methyl sites for hydroxylation is 2. The number of hydrogen-bond acceptors (Lipinski definition) is 3. The lowest BCUT2D eigenvalue weighted by molar-refractivity contribution is 0.0690. The average Bonchev–Trinajstić information content (AvgIpc) is 2.61. The molecule has 0 aliphatic heterocycles. The van der Waals surface area contributed by atoms with Crippen LogP contribution in [0.3, 0.4) is 0 Å². The van der Waals surface area contributed by atoms with E-state index < -0.39 is 5.97 Å². The molecule has 0 fully saturated rings. The van der Waals surface area contributed by atoms with Gasteiger partial charge in [0.25, 0.3) is 0 Å². The quantitative estimate of drug-likeness (QED) is 0.802. The Kier molecular flexibility index (Phi) is 2.15. The molecule has 0 spiro atoms. The van der Waals surface area contributed by atoms with Gasteiger partial charge in [-0.2, -0.15) is 5.10 Å². The van der Waals surface area contributed by atoms with Crippen molar-refractivity contribution in [3.05, 3.63) is 29.2 Å². The second-order valence-corrected chi connectivity index (χ2v) is 3.35. The van der Waals surface area contributed by atoms with Crippen LogP contribution < -0.4 is 0 Å². The standard InChI is InChI=1S/C10H11N3O2/c1-3-8-6(2)5-11-9-4-7(10(14)15)12-13(8)9/h4-5H,3H2,1-2H3,(H,14,15). The molecular formula is C10H11N3O2. The van der Waals surface area contributed by atoms with Crippen molar-refractivity contribution in [1.82, 2.24) is 14.6 Å². The van der Waals surface area contributed by atoms with Crippen molar-refractivity contribution in [1.29, 1.82) is 0 Å². The summed E-state index contributed by atoms with van der Waals surface area (Å²) in [4.78, 5) is 14.9. The van der Waals surface area contributed by atoms with Crippen LogP contribution in [0, 0.1) is 6.92 Å². The minimum Gasteiger partial charge on any atom is -0.476 e. The van der Waals surface area contributed by atoms with E-state index in [2.05, 4.69) is 10.1 Å². The molecule has 0 aromatic carbocycles. The Morgan fingerprint density at radius 3 is 2.93 bits per heavy atom. The van der Waals surface area contributed by atoms with Gasteiger partial charge in [-0.1, -0.05) is 6.92 Å². The van der Waals surface area contributed by atoms with Gasteiger partial charge in [-0.15, -0.1) is 0 Å². The van der Waals surface area contributed by atoms with Crippen molar-refractivity contribution < 1.29 is 9.90 Å². The van der Waals surface area contributed by atoms with Crippen molar-refractivity contribution in [2.24, 2.45) is 0 Å². The Morgan fingerprint density at radius 2 is 2.33 bits per heavy atom. The number of hydrogen-bond donors (Lipinski definition) is 1. The Labute approximate surface area is 86.4 Å². The molecule has 2 aromatic heterocycles. The maximum atomic E-state index is 10.8. The summed E-state index contributed by atoms with van der Waals surface area (Å²) < 4.78 is 1.60. The molecule has 0 saturated carbocycles. The van der Waals surface area contributed by atoms with E-state index >= 15 is 0 Å². The second-order valence-electron chi connectivity index (χ2n) is 3.35. The van der Waals surface area contributed by atoms with Gasteiger partial charge in [0.2, 0.25) is 0 Å². The molecule has 5 nitrogen and oxygen atoms in total. The van der Waals surface area contributed by atoms with Gasteiger partial charge in [0, 0.05) is 18.0 Å². The normalized spacial score (nSPS) is 10.8. The summed E-state index contributed by atoms with van der Waals surface area (Å²) in [6.07, 6.45) is 2.53. The maximum Gasteiger partial charge on any atom is 0.356 e. The van der Waals surface area contributed by atoms with Crippen molar-refractivity contribution in [3.8, 4) is 0 Å². The predicted molar refractivity (Wildman–Crippen MR) is 54.1 cm³/mol. The minimum atomic E-state index is -1.03. The molecule has 78 valence electrons. The van der Waals surface area contributed by atoms with E-state index in [0.717, 1.165) is 17.7 Å². The van der Waals surface area contributed by atoms with Gasteiger partial charge in [-0.3, -0.25) is 0 Å².